The lowest BCUT2D eigenvalue weighted by Crippen LogP contribution is -2.58. The van der Waals surface area contributed by atoms with Crippen LogP contribution in [-0.2, 0) is 38.4 Å². The Hall–Kier alpha value is -3.93. The van der Waals surface area contributed by atoms with Crippen molar-refractivity contribution < 1.29 is 58.8 Å². The van der Waals surface area contributed by atoms with Crippen molar-refractivity contribution in [1.29, 1.82) is 0 Å². The predicted molar refractivity (Wildman–Crippen MR) is 129 cm³/mol. The Kier molecular flexibility index (Phi) is 15.7. The van der Waals surface area contributed by atoms with Gasteiger partial charge in [0, 0.05) is 25.0 Å². The van der Waals surface area contributed by atoms with E-state index in [1.165, 1.54) is 0 Å². The van der Waals surface area contributed by atoms with Crippen molar-refractivity contribution in [1.82, 2.24) is 21.3 Å². The number of thiol groups is 1. The van der Waals surface area contributed by atoms with E-state index in [1.54, 1.807) is 0 Å². The highest BCUT2D eigenvalue weighted by atomic mass is 32.1. The van der Waals surface area contributed by atoms with Crippen molar-refractivity contribution in [3.8, 4) is 0 Å². The van der Waals surface area contributed by atoms with Gasteiger partial charge in [0.05, 0.1) is 6.04 Å². The number of hydrogen-bond donors (Lipinski definition) is 10. The first-order chi connectivity index (χ1) is 17.7. The van der Waals surface area contributed by atoms with Crippen LogP contribution >= 0.6 is 12.6 Å². The van der Waals surface area contributed by atoms with Crippen LogP contribution in [0.3, 0.4) is 0 Å². The zero-order valence-corrected chi connectivity index (χ0v) is 20.9. The minimum absolute atomic E-state index is 0.107. The summed E-state index contributed by atoms with van der Waals surface area (Å²) >= 11 is 3.86. The van der Waals surface area contributed by atoms with Crippen LogP contribution in [0.1, 0.15) is 38.5 Å². The highest BCUT2D eigenvalue weighted by Gasteiger charge is 2.31. The summed E-state index contributed by atoms with van der Waals surface area (Å²) in [6.45, 7) is -0.836. The summed E-state index contributed by atoms with van der Waals surface area (Å²) in [4.78, 5) is 93.8. The number of hydrogen-bond acceptors (Lipinski definition) is 10. The van der Waals surface area contributed by atoms with Gasteiger partial charge in [0.2, 0.25) is 23.6 Å². The van der Waals surface area contributed by atoms with E-state index in [2.05, 4.69) is 28.6 Å². The van der Waals surface area contributed by atoms with E-state index >= 15 is 0 Å². The number of nitrogens with one attached hydrogen (secondary N) is 4. The maximum absolute atomic E-state index is 12.9. The highest BCUT2D eigenvalue weighted by molar-refractivity contribution is 7.80. The molecule has 38 heavy (non-hydrogen) atoms. The molecule has 0 aliphatic rings. The van der Waals surface area contributed by atoms with Crippen molar-refractivity contribution in [3.63, 3.8) is 0 Å². The summed E-state index contributed by atoms with van der Waals surface area (Å²) in [6, 6.07) is -5.82. The monoisotopic (exact) mass is 565 g/mol. The molecule has 214 valence electrons. The van der Waals surface area contributed by atoms with Crippen molar-refractivity contribution >= 4 is 60.1 Å². The zero-order chi connectivity index (χ0) is 29.4. The third-order valence-corrected chi connectivity index (χ3v) is 5.18. The van der Waals surface area contributed by atoms with Crippen LogP contribution in [0.5, 0.6) is 0 Å². The van der Waals surface area contributed by atoms with E-state index in [9.17, 15) is 38.4 Å². The van der Waals surface area contributed by atoms with Gasteiger partial charge in [0.15, 0.2) is 0 Å². The SMILES string of the molecule is N[C@@H](CS)C(=O)N[C@@H](CCC(=O)O)C(=O)N[C@@H](CCC(=O)O)C(=O)N[C@@H](CCC(=O)O)C(=O)NCC(=O)O. The molecule has 18 heteroatoms. The van der Waals surface area contributed by atoms with Crippen molar-refractivity contribution in [2.75, 3.05) is 12.3 Å². The lowest BCUT2D eigenvalue weighted by Gasteiger charge is -2.25. The summed E-state index contributed by atoms with van der Waals surface area (Å²) in [5.41, 5.74) is 5.55. The molecule has 0 spiro atoms. The highest BCUT2D eigenvalue weighted by Crippen LogP contribution is 2.06. The van der Waals surface area contributed by atoms with Crippen molar-refractivity contribution in [2.24, 2.45) is 5.73 Å². The third kappa shape index (κ3) is 14.6. The van der Waals surface area contributed by atoms with Crippen molar-refractivity contribution in [3.05, 3.63) is 0 Å². The normalized spacial score (nSPS) is 13.6. The summed E-state index contributed by atoms with van der Waals surface area (Å²) in [7, 11) is 0. The molecule has 0 unspecified atom stereocenters. The minimum Gasteiger partial charge on any atom is -0.481 e. The molecular formula is C20H31N5O12S. The zero-order valence-electron chi connectivity index (χ0n) is 20.0. The summed E-state index contributed by atoms with van der Waals surface area (Å²) in [5.74, 6) is -9.57. The number of carbonyl (C=O) groups excluding carboxylic acids is 4. The first-order valence-corrected chi connectivity index (χ1v) is 11.7. The second-order valence-corrected chi connectivity index (χ2v) is 8.25. The molecule has 0 radical (unpaired) electrons. The van der Waals surface area contributed by atoms with Gasteiger partial charge in [-0.25, -0.2) is 0 Å². The molecule has 0 aliphatic heterocycles. The van der Waals surface area contributed by atoms with Gasteiger partial charge in [-0.15, -0.1) is 0 Å². The Bertz CT molecular complexity index is 915. The van der Waals surface area contributed by atoms with Gasteiger partial charge in [0.25, 0.3) is 0 Å². The van der Waals surface area contributed by atoms with Gasteiger partial charge in [-0.1, -0.05) is 0 Å². The Morgan fingerprint density at radius 1 is 0.579 bits per heavy atom. The molecule has 17 nitrogen and oxygen atoms in total. The molecule has 0 aromatic carbocycles. The molecule has 0 aromatic heterocycles. The van der Waals surface area contributed by atoms with Gasteiger partial charge in [-0.2, -0.15) is 12.6 Å². The Labute approximate surface area is 221 Å². The fraction of sp³-hybridized carbons (Fsp3) is 0.600. The van der Waals surface area contributed by atoms with E-state index in [0.717, 1.165) is 0 Å². The Balaban J connectivity index is 5.79. The van der Waals surface area contributed by atoms with Crippen LogP contribution in [0.2, 0.25) is 0 Å². The van der Waals surface area contributed by atoms with Gasteiger partial charge in [0.1, 0.15) is 24.7 Å². The average molecular weight is 566 g/mol. The molecule has 0 saturated heterocycles. The molecule has 0 rings (SSSR count). The van der Waals surface area contributed by atoms with E-state index in [4.69, 9.17) is 26.2 Å². The summed E-state index contributed by atoms with van der Waals surface area (Å²) in [6.07, 6.45) is -3.21. The average Bonchev–Trinajstić information content (AvgIpc) is 2.83. The quantitative estimate of drug-likeness (QED) is 0.0681. The first kappa shape index (κ1) is 34.1. The fourth-order valence-corrected chi connectivity index (χ4v) is 2.97. The molecule has 0 aromatic rings. The van der Waals surface area contributed by atoms with Gasteiger partial charge >= 0.3 is 23.9 Å². The van der Waals surface area contributed by atoms with Gasteiger partial charge in [-0.3, -0.25) is 38.4 Å². The second-order valence-electron chi connectivity index (χ2n) is 7.88. The third-order valence-electron chi connectivity index (χ3n) is 4.79. The number of rotatable bonds is 19. The minimum atomic E-state index is -1.62. The van der Waals surface area contributed by atoms with Crippen LogP contribution < -0.4 is 27.0 Å². The lowest BCUT2D eigenvalue weighted by atomic mass is 10.1. The first-order valence-electron chi connectivity index (χ1n) is 11.1. The number of carboxylic acid groups (broad SMARTS) is 4. The number of carbonyl (C=O) groups is 8. The number of amides is 4. The topological polar surface area (TPSA) is 292 Å². The number of carboxylic acids is 4. The summed E-state index contributed by atoms with van der Waals surface area (Å²) < 4.78 is 0. The van der Waals surface area contributed by atoms with Crippen LogP contribution in [0, 0.1) is 0 Å². The Morgan fingerprint density at radius 2 is 0.921 bits per heavy atom. The maximum atomic E-state index is 12.9. The van der Waals surface area contributed by atoms with E-state index in [0.29, 0.717) is 0 Å². The number of aliphatic carboxylic acids is 4. The number of nitrogens with two attached hydrogens (primary N) is 1. The molecule has 0 aliphatic carbocycles. The van der Waals surface area contributed by atoms with E-state index in [1.807, 2.05) is 5.32 Å². The predicted octanol–water partition coefficient (Wildman–Crippen LogP) is -3.51. The molecule has 0 fully saturated rings. The second kappa shape index (κ2) is 17.5. The van der Waals surface area contributed by atoms with Crippen LogP contribution in [0.4, 0.5) is 0 Å². The van der Waals surface area contributed by atoms with E-state index in [-0.39, 0.29) is 5.75 Å². The van der Waals surface area contributed by atoms with Crippen LogP contribution in [-0.4, -0.2) is 104 Å². The smallest absolute Gasteiger partial charge is 0.322 e. The molecule has 0 saturated carbocycles. The van der Waals surface area contributed by atoms with Crippen LogP contribution in [0.15, 0.2) is 0 Å². The lowest BCUT2D eigenvalue weighted by molar-refractivity contribution is -0.141. The Morgan fingerprint density at radius 3 is 1.24 bits per heavy atom. The molecule has 4 atom stereocenters. The standard InChI is InChI=1S/C20H31N5O12S/c21-9(8-38)17(34)23-11(2-5-14(28)29)19(36)25-12(3-6-15(30)31)20(37)24-10(1-4-13(26)27)18(35)22-7-16(32)33/h9-12,38H,1-8,21H2,(H,22,35)(H,23,34)(H,24,37)(H,25,36)(H,26,27)(H,28,29)(H,30,31)(H,32,33)/t9-,10-,11-,12-/m0/s1. The largest absolute Gasteiger partial charge is 0.481 e. The van der Waals surface area contributed by atoms with Crippen LogP contribution in [0.25, 0.3) is 0 Å². The summed E-state index contributed by atoms with van der Waals surface area (Å²) in [5, 5.41) is 44.1. The fourth-order valence-electron chi connectivity index (χ4n) is 2.80. The van der Waals surface area contributed by atoms with Crippen molar-refractivity contribution in [2.45, 2.75) is 62.7 Å². The maximum Gasteiger partial charge on any atom is 0.322 e. The molecule has 4 amide bonds. The molecule has 10 N–H and O–H groups in total. The van der Waals surface area contributed by atoms with Gasteiger partial charge < -0.3 is 47.4 Å². The molecule has 0 bridgehead atoms. The molecule has 0 heterocycles. The van der Waals surface area contributed by atoms with Gasteiger partial charge in [-0.05, 0) is 19.3 Å². The van der Waals surface area contributed by atoms with E-state index < -0.39 is 117 Å². The molecular weight excluding hydrogens is 534 g/mol.